The maximum absolute atomic E-state index is 9.81. The number of hydrogen-bond acceptors (Lipinski definition) is 2. The molecule has 1 N–H and O–H groups in total. The van der Waals surface area contributed by atoms with Crippen LogP contribution in [0.15, 0.2) is 23.8 Å². The van der Waals surface area contributed by atoms with Crippen molar-refractivity contribution in [3.05, 3.63) is 34.9 Å². The molecule has 0 aromatic heterocycles. The van der Waals surface area contributed by atoms with Gasteiger partial charge >= 0.3 is 0 Å². The van der Waals surface area contributed by atoms with Crippen LogP contribution in [0.4, 0.5) is 0 Å². The van der Waals surface area contributed by atoms with E-state index < -0.39 is 0 Å². The van der Waals surface area contributed by atoms with E-state index in [9.17, 15) is 5.11 Å². The zero-order valence-electron chi connectivity index (χ0n) is 19.8. The zero-order valence-corrected chi connectivity index (χ0v) is 19.8. The highest BCUT2D eigenvalue weighted by Gasteiger charge is 2.32. The molecule has 0 spiro atoms. The summed E-state index contributed by atoms with van der Waals surface area (Å²) in [7, 11) is 0. The zero-order chi connectivity index (χ0) is 21.4. The Bertz CT molecular complexity index is 671. The van der Waals surface area contributed by atoms with Gasteiger partial charge in [0.2, 0.25) is 0 Å². The van der Waals surface area contributed by atoms with Crippen LogP contribution in [0.25, 0.3) is 0 Å². The van der Waals surface area contributed by atoms with Crippen molar-refractivity contribution in [2.24, 2.45) is 11.8 Å². The van der Waals surface area contributed by atoms with Crippen LogP contribution in [0.3, 0.4) is 0 Å². The Morgan fingerprint density at radius 3 is 2.45 bits per heavy atom. The number of aryl methyl sites for hydroxylation is 2. The predicted octanol–water partition coefficient (Wildman–Crippen LogP) is 8.14. The van der Waals surface area contributed by atoms with Gasteiger partial charge in [-0.3, -0.25) is 0 Å². The van der Waals surface area contributed by atoms with Gasteiger partial charge in [-0.25, -0.2) is 0 Å². The van der Waals surface area contributed by atoms with Gasteiger partial charge in [0.05, 0.1) is 0 Å². The molecule has 0 aliphatic carbocycles. The third kappa shape index (κ3) is 8.07. The number of aromatic hydroxyl groups is 1. The number of fused-ring (bicyclic) bond motifs is 1. The van der Waals surface area contributed by atoms with Crippen molar-refractivity contribution in [3.8, 4) is 11.5 Å². The molecule has 0 bridgehead atoms. The Hall–Kier alpha value is -1.44. The van der Waals surface area contributed by atoms with E-state index in [4.69, 9.17) is 4.74 Å². The lowest BCUT2D eigenvalue weighted by Gasteiger charge is -2.37. The molecule has 1 aromatic rings. The van der Waals surface area contributed by atoms with Gasteiger partial charge in [0.15, 0.2) is 0 Å². The van der Waals surface area contributed by atoms with Gasteiger partial charge in [-0.15, -0.1) is 0 Å². The first-order valence-electron chi connectivity index (χ1n) is 11.8. The summed E-state index contributed by atoms with van der Waals surface area (Å²) in [5, 5.41) is 9.81. The van der Waals surface area contributed by atoms with Crippen molar-refractivity contribution in [3.63, 3.8) is 0 Å². The van der Waals surface area contributed by atoms with Crippen LogP contribution in [0.2, 0.25) is 0 Å². The van der Waals surface area contributed by atoms with E-state index in [2.05, 4.69) is 40.7 Å². The second kappa shape index (κ2) is 11.1. The monoisotopic (exact) mass is 400 g/mol. The maximum atomic E-state index is 9.81. The van der Waals surface area contributed by atoms with Crippen LogP contribution in [0.5, 0.6) is 11.5 Å². The van der Waals surface area contributed by atoms with Crippen LogP contribution >= 0.6 is 0 Å². The van der Waals surface area contributed by atoms with Gasteiger partial charge in [-0.2, -0.15) is 0 Å². The Balaban J connectivity index is 1.67. The van der Waals surface area contributed by atoms with Crippen molar-refractivity contribution >= 4 is 0 Å². The van der Waals surface area contributed by atoms with Crippen molar-refractivity contribution < 1.29 is 9.84 Å². The number of allylic oxidation sites excluding steroid dienone is 2. The molecule has 2 nitrogen and oxygen atoms in total. The number of hydrogen-bond donors (Lipinski definition) is 1. The summed E-state index contributed by atoms with van der Waals surface area (Å²) < 4.78 is 6.44. The molecule has 2 rings (SSSR count). The minimum absolute atomic E-state index is 0.0616. The average molecular weight is 401 g/mol. The molecule has 2 heteroatoms. The highest BCUT2D eigenvalue weighted by atomic mass is 16.5. The first-order chi connectivity index (χ1) is 13.7. The molecule has 1 aromatic carbocycles. The van der Waals surface area contributed by atoms with E-state index in [1.807, 2.05) is 19.1 Å². The topological polar surface area (TPSA) is 29.5 Å². The number of rotatable bonds is 11. The van der Waals surface area contributed by atoms with E-state index in [0.29, 0.717) is 5.75 Å². The van der Waals surface area contributed by atoms with Gasteiger partial charge in [-0.1, -0.05) is 51.2 Å². The summed E-state index contributed by atoms with van der Waals surface area (Å²) in [5.74, 6) is 3.01. The molecule has 0 saturated carbocycles. The summed E-state index contributed by atoms with van der Waals surface area (Å²) in [6.07, 6.45) is 14.7. The van der Waals surface area contributed by atoms with Crippen molar-refractivity contribution in [1.82, 2.24) is 0 Å². The van der Waals surface area contributed by atoms with Crippen LogP contribution in [-0.2, 0) is 6.42 Å². The predicted molar refractivity (Wildman–Crippen MR) is 125 cm³/mol. The van der Waals surface area contributed by atoms with Crippen molar-refractivity contribution in [2.75, 3.05) is 0 Å². The van der Waals surface area contributed by atoms with Crippen LogP contribution in [0, 0.1) is 18.8 Å². The summed E-state index contributed by atoms with van der Waals surface area (Å²) in [4.78, 5) is 0. The average Bonchev–Trinajstić information content (AvgIpc) is 2.62. The highest BCUT2D eigenvalue weighted by Crippen LogP contribution is 2.40. The largest absolute Gasteiger partial charge is 0.508 e. The maximum Gasteiger partial charge on any atom is 0.126 e. The molecule has 0 unspecified atom stereocenters. The van der Waals surface area contributed by atoms with Gasteiger partial charge in [0, 0.05) is 0 Å². The molecular weight excluding hydrogens is 356 g/mol. The number of ether oxygens (including phenoxy) is 1. The van der Waals surface area contributed by atoms with Gasteiger partial charge in [0.25, 0.3) is 0 Å². The van der Waals surface area contributed by atoms with E-state index in [1.54, 1.807) is 0 Å². The summed E-state index contributed by atoms with van der Waals surface area (Å²) in [5.41, 5.74) is 3.59. The quantitative estimate of drug-likeness (QED) is 0.380. The lowest BCUT2D eigenvalue weighted by Crippen LogP contribution is -2.36. The Morgan fingerprint density at radius 2 is 1.76 bits per heavy atom. The fourth-order valence-electron chi connectivity index (χ4n) is 4.62. The fourth-order valence-corrected chi connectivity index (χ4v) is 4.62. The van der Waals surface area contributed by atoms with Crippen LogP contribution in [-0.4, -0.2) is 10.7 Å². The van der Waals surface area contributed by atoms with E-state index >= 15 is 0 Å². The first-order valence-corrected chi connectivity index (χ1v) is 11.8. The normalized spacial score (nSPS) is 20.5. The second-order valence-electron chi connectivity index (χ2n) is 10.2. The molecule has 29 heavy (non-hydrogen) atoms. The highest BCUT2D eigenvalue weighted by molar-refractivity contribution is 5.47. The number of phenolic OH excluding ortho intramolecular Hbond substituents is 1. The smallest absolute Gasteiger partial charge is 0.126 e. The lowest BCUT2D eigenvalue weighted by molar-refractivity contribution is 0.0515. The molecule has 1 heterocycles. The van der Waals surface area contributed by atoms with E-state index in [1.165, 1.54) is 50.5 Å². The third-order valence-corrected chi connectivity index (χ3v) is 6.62. The van der Waals surface area contributed by atoms with Crippen molar-refractivity contribution in [2.45, 2.75) is 111 Å². The first kappa shape index (κ1) is 23.8. The van der Waals surface area contributed by atoms with Crippen LogP contribution in [0.1, 0.15) is 104 Å². The molecular formula is C27H44O2. The number of phenols is 1. The fraction of sp³-hybridized carbons (Fsp3) is 0.704. The summed E-state index contributed by atoms with van der Waals surface area (Å²) in [6.45, 7) is 13.5. The van der Waals surface area contributed by atoms with Gasteiger partial charge < -0.3 is 9.84 Å². The van der Waals surface area contributed by atoms with Crippen molar-refractivity contribution in [1.29, 1.82) is 0 Å². The Kier molecular flexibility index (Phi) is 9.11. The van der Waals surface area contributed by atoms with Gasteiger partial charge in [-0.05, 0) is 101 Å². The standard InChI is InChI=1S/C27H44O2/c1-20(2)10-7-11-21(3)12-8-13-22(4)14-9-16-27(6)17-15-24-19-25(28)18-23(5)26(24)29-27/h10,18-19,21-22,28H,7-9,11-17H2,1-6H3/t21-,22-,27-/m1/s1. The van der Waals surface area contributed by atoms with Gasteiger partial charge in [0.1, 0.15) is 17.1 Å². The molecule has 1 aliphatic heterocycles. The minimum atomic E-state index is -0.0616. The summed E-state index contributed by atoms with van der Waals surface area (Å²) >= 11 is 0. The van der Waals surface area contributed by atoms with Crippen LogP contribution < -0.4 is 4.74 Å². The second-order valence-corrected chi connectivity index (χ2v) is 10.2. The molecule has 3 atom stereocenters. The molecule has 0 amide bonds. The Morgan fingerprint density at radius 1 is 1.10 bits per heavy atom. The number of benzene rings is 1. The summed E-state index contributed by atoms with van der Waals surface area (Å²) in [6, 6.07) is 3.68. The SMILES string of the molecule is CC(C)=CCC[C@@H](C)CCC[C@@H](C)CCC[C@]1(C)CCc2cc(O)cc(C)c2O1. The molecule has 0 saturated heterocycles. The minimum Gasteiger partial charge on any atom is -0.508 e. The third-order valence-electron chi connectivity index (χ3n) is 6.62. The molecule has 1 aliphatic rings. The molecule has 0 radical (unpaired) electrons. The van der Waals surface area contributed by atoms with E-state index in [0.717, 1.165) is 48.0 Å². The molecule has 0 fully saturated rings. The van der Waals surface area contributed by atoms with E-state index in [-0.39, 0.29) is 5.60 Å². The Labute approximate surface area is 179 Å². The molecule has 164 valence electrons. The lowest BCUT2D eigenvalue weighted by atomic mass is 9.85.